The number of nitrogens with zero attached hydrogens (tertiary/aromatic N) is 2. The SMILES string of the molecule is Cc1cc2cc(-c3cncnc3)cc(-c3ccc(Cl)cc3)c2cc1[C@H](OC(C)(C)C)C(=O)O. The minimum atomic E-state index is -1.07. The molecule has 33 heavy (non-hydrogen) atoms. The number of benzene rings is 3. The highest BCUT2D eigenvalue weighted by Crippen LogP contribution is 2.38. The van der Waals surface area contributed by atoms with E-state index in [1.54, 1.807) is 12.4 Å². The molecule has 1 N–H and O–H groups in total. The Morgan fingerprint density at radius 3 is 2.24 bits per heavy atom. The average molecular weight is 461 g/mol. The zero-order valence-electron chi connectivity index (χ0n) is 19.0. The van der Waals surface area contributed by atoms with Gasteiger partial charge in [0.15, 0.2) is 6.10 Å². The molecule has 5 nitrogen and oxygen atoms in total. The minimum Gasteiger partial charge on any atom is -0.479 e. The van der Waals surface area contributed by atoms with E-state index in [4.69, 9.17) is 16.3 Å². The molecule has 168 valence electrons. The maximum absolute atomic E-state index is 12.1. The predicted molar refractivity (Wildman–Crippen MR) is 131 cm³/mol. The van der Waals surface area contributed by atoms with Crippen molar-refractivity contribution >= 4 is 28.3 Å². The van der Waals surface area contributed by atoms with Crippen molar-refractivity contribution < 1.29 is 14.6 Å². The molecule has 1 aromatic heterocycles. The Bertz CT molecular complexity index is 1310. The summed E-state index contributed by atoms with van der Waals surface area (Å²) in [4.78, 5) is 20.5. The van der Waals surface area contributed by atoms with Crippen LogP contribution in [-0.4, -0.2) is 26.6 Å². The van der Waals surface area contributed by atoms with E-state index in [-0.39, 0.29) is 0 Å². The number of fused-ring (bicyclic) bond motifs is 1. The van der Waals surface area contributed by atoms with Crippen molar-refractivity contribution in [1.29, 1.82) is 0 Å². The van der Waals surface area contributed by atoms with Gasteiger partial charge in [-0.25, -0.2) is 14.8 Å². The molecule has 0 bridgehead atoms. The smallest absolute Gasteiger partial charge is 0.337 e. The van der Waals surface area contributed by atoms with Gasteiger partial charge in [0.25, 0.3) is 0 Å². The molecule has 4 aromatic rings. The molecular weight excluding hydrogens is 436 g/mol. The van der Waals surface area contributed by atoms with Crippen molar-refractivity contribution in [1.82, 2.24) is 9.97 Å². The standard InChI is InChI=1S/C27H25ClN2O3/c1-16-9-19-10-18(20-13-29-15-30-14-20)11-23(17-5-7-21(28)8-6-17)24(19)12-22(16)25(26(31)32)33-27(2,3)4/h5-15,25H,1-4H3,(H,31,32)/t25-/m0/s1. The zero-order chi connectivity index (χ0) is 23.8. The Labute approximate surface area is 198 Å². The van der Waals surface area contributed by atoms with Gasteiger partial charge in [0.05, 0.1) is 5.60 Å². The van der Waals surface area contributed by atoms with Crippen LogP contribution in [0.25, 0.3) is 33.0 Å². The summed E-state index contributed by atoms with van der Waals surface area (Å²) >= 11 is 6.13. The van der Waals surface area contributed by atoms with Gasteiger partial charge in [0.1, 0.15) is 6.33 Å². The van der Waals surface area contributed by atoms with E-state index in [2.05, 4.69) is 22.1 Å². The van der Waals surface area contributed by atoms with E-state index in [1.807, 2.05) is 64.1 Å². The lowest BCUT2D eigenvalue weighted by atomic mass is 9.90. The summed E-state index contributed by atoms with van der Waals surface area (Å²) in [6.07, 6.45) is 3.98. The fourth-order valence-corrected chi connectivity index (χ4v) is 4.03. The molecule has 1 atom stereocenters. The van der Waals surface area contributed by atoms with Gasteiger partial charge in [-0.3, -0.25) is 0 Å². The van der Waals surface area contributed by atoms with Crippen LogP contribution in [0.1, 0.15) is 38.0 Å². The Balaban J connectivity index is 1.99. The molecule has 0 aliphatic rings. The Morgan fingerprint density at radius 2 is 1.64 bits per heavy atom. The number of carboxylic acids is 1. The second kappa shape index (κ2) is 8.93. The molecule has 0 saturated heterocycles. The van der Waals surface area contributed by atoms with Crippen molar-refractivity contribution in [3.8, 4) is 22.3 Å². The molecule has 0 fully saturated rings. The van der Waals surface area contributed by atoms with Crippen LogP contribution >= 0.6 is 11.6 Å². The second-order valence-electron chi connectivity index (χ2n) is 9.04. The second-order valence-corrected chi connectivity index (χ2v) is 9.47. The third-order valence-corrected chi connectivity index (χ3v) is 5.62. The fourth-order valence-electron chi connectivity index (χ4n) is 3.91. The lowest BCUT2D eigenvalue weighted by Gasteiger charge is -2.26. The Hall–Kier alpha value is -3.28. The quantitative estimate of drug-likeness (QED) is 0.352. The van der Waals surface area contributed by atoms with Crippen LogP contribution in [0.5, 0.6) is 0 Å². The normalized spacial score (nSPS) is 12.6. The van der Waals surface area contributed by atoms with Gasteiger partial charge >= 0.3 is 5.97 Å². The summed E-state index contributed by atoms with van der Waals surface area (Å²) < 4.78 is 5.94. The molecule has 1 heterocycles. The summed E-state index contributed by atoms with van der Waals surface area (Å²) in [5.74, 6) is -1.02. The number of aliphatic carboxylic acids is 1. The molecule has 0 aliphatic heterocycles. The number of aromatic nitrogens is 2. The van der Waals surface area contributed by atoms with E-state index < -0.39 is 17.7 Å². The summed E-state index contributed by atoms with van der Waals surface area (Å²) in [7, 11) is 0. The maximum atomic E-state index is 12.1. The highest BCUT2D eigenvalue weighted by Gasteiger charge is 2.28. The van der Waals surface area contributed by atoms with Crippen molar-refractivity contribution in [2.45, 2.75) is 39.4 Å². The number of aryl methyl sites for hydroxylation is 1. The molecule has 4 rings (SSSR count). The Morgan fingerprint density at radius 1 is 0.970 bits per heavy atom. The summed E-state index contributed by atoms with van der Waals surface area (Å²) in [6, 6.07) is 15.7. The van der Waals surface area contributed by atoms with E-state index >= 15 is 0 Å². The molecular formula is C27H25ClN2O3. The zero-order valence-corrected chi connectivity index (χ0v) is 19.7. The number of halogens is 1. The predicted octanol–water partition coefficient (Wildman–Crippen LogP) is 6.87. The number of rotatable bonds is 5. The van der Waals surface area contributed by atoms with Gasteiger partial charge in [-0.1, -0.05) is 29.8 Å². The van der Waals surface area contributed by atoms with Crippen LogP contribution in [-0.2, 0) is 9.53 Å². The van der Waals surface area contributed by atoms with E-state index in [1.165, 1.54) is 6.33 Å². The first-order chi connectivity index (χ1) is 15.6. The topological polar surface area (TPSA) is 72.3 Å². The lowest BCUT2D eigenvalue weighted by Crippen LogP contribution is -2.27. The molecule has 0 unspecified atom stereocenters. The first kappa shape index (κ1) is 22.9. The van der Waals surface area contributed by atoms with Gasteiger partial charge in [-0.15, -0.1) is 0 Å². The van der Waals surface area contributed by atoms with Gasteiger partial charge in [0, 0.05) is 23.0 Å². The van der Waals surface area contributed by atoms with Crippen molar-refractivity contribution in [2.24, 2.45) is 0 Å². The van der Waals surface area contributed by atoms with Gasteiger partial charge in [0.2, 0.25) is 0 Å². The third-order valence-electron chi connectivity index (χ3n) is 5.37. The van der Waals surface area contributed by atoms with Gasteiger partial charge < -0.3 is 9.84 Å². The molecule has 0 saturated carbocycles. The van der Waals surface area contributed by atoms with E-state index in [0.29, 0.717) is 10.6 Å². The van der Waals surface area contributed by atoms with Gasteiger partial charge in [-0.2, -0.15) is 0 Å². The Kier molecular flexibility index (Phi) is 6.19. The molecule has 6 heteroatoms. The van der Waals surface area contributed by atoms with Crippen LogP contribution in [0.15, 0.2) is 67.3 Å². The van der Waals surface area contributed by atoms with Crippen LogP contribution in [0, 0.1) is 6.92 Å². The highest BCUT2D eigenvalue weighted by atomic mass is 35.5. The number of ether oxygens (including phenoxy) is 1. The molecule has 0 aliphatic carbocycles. The first-order valence-electron chi connectivity index (χ1n) is 10.6. The lowest BCUT2D eigenvalue weighted by molar-refractivity contribution is -0.160. The third kappa shape index (κ3) is 5.05. The average Bonchev–Trinajstić information content (AvgIpc) is 2.77. The summed E-state index contributed by atoms with van der Waals surface area (Å²) in [6.45, 7) is 7.48. The molecule has 0 amide bonds. The van der Waals surface area contributed by atoms with Crippen LogP contribution in [0.4, 0.5) is 0 Å². The number of hydrogen-bond acceptors (Lipinski definition) is 4. The monoisotopic (exact) mass is 460 g/mol. The van der Waals surface area contributed by atoms with Crippen molar-refractivity contribution in [3.05, 3.63) is 83.4 Å². The summed E-state index contributed by atoms with van der Waals surface area (Å²) in [5, 5.41) is 12.5. The largest absolute Gasteiger partial charge is 0.479 e. The van der Waals surface area contributed by atoms with Gasteiger partial charge in [-0.05, 0) is 96.6 Å². The van der Waals surface area contributed by atoms with Crippen molar-refractivity contribution in [3.63, 3.8) is 0 Å². The number of carbonyl (C=O) groups is 1. The number of hydrogen-bond donors (Lipinski definition) is 1. The van der Waals surface area contributed by atoms with Crippen LogP contribution in [0.3, 0.4) is 0 Å². The van der Waals surface area contributed by atoms with E-state index in [0.717, 1.165) is 38.6 Å². The van der Waals surface area contributed by atoms with Crippen LogP contribution in [0.2, 0.25) is 5.02 Å². The molecule has 3 aromatic carbocycles. The minimum absolute atomic E-state index is 0.610. The first-order valence-corrected chi connectivity index (χ1v) is 11.0. The van der Waals surface area contributed by atoms with Crippen molar-refractivity contribution in [2.75, 3.05) is 0 Å². The maximum Gasteiger partial charge on any atom is 0.337 e. The highest BCUT2D eigenvalue weighted by molar-refractivity contribution is 6.30. The summed E-state index contributed by atoms with van der Waals surface area (Å²) in [5.41, 5.74) is 4.68. The number of carboxylic acid groups (broad SMARTS) is 1. The van der Waals surface area contributed by atoms with Crippen LogP contribution < -0.4 is 0 Å². The fraction of sp³-hybridized carbons (Fsp3) is 0.222. The van der Waals surface area contributed by atoms with E-state index in [9.17, 15) is 9.90 Å². The molecule has 0 spiro atoms. The molecule has 0 radical (unpaired) electrons.